The Bertz CT molecular complexity index is 477. The van der Waals surface area contributed by atoms with Crippen molar-refractivity contribution in [3.63, 3.8) is 0 Å². The molecule has 1 aliphatic rings. The third-order valence-corrected chi connectivity index (χ3v) is 2.84. The van der Waals surface area contributed by atoms with Gasteiger partial charge in [0.2, 0.25) is 0 Å². The van der Waals surface area contributed by atoms with E-state index < -0.39 is 0 Å². The summed E-state index contributed by atoms with van der Waals surface area (Å²) < 4.78 is 1.77. The zero-order valence-corrected chi connectivity index (χ0v) is 8.04. The second-order valence-corrected chi connectivity index (χ2v) is 3.61. The van der Waals surface area contributed by atoms with E-state index in [9.17, 15) is 0 Å². The molecule has 76 valence electrons. The number of tetrazole rings is 1. The van der Waals surface area contributed by atoms with Gasteiger partial charge in [-0.05, 0) is 40.5 Å². The minimum atomic E-state index is 0.209. The molecule has 0 aliphatic heterocycles. The predicted octanol–water partition coefficient (Wildman–Crippen LogP) is 0.186. The van der Waals surface area contributed by atoms with Crippen LogP contribution in [0.15, 0.2) is 18.6 Å². The zero-order chi connectivity index (χ0) is 10.3. The maximum Gasteiger partial charge on any atom is 0.138 e. The molecule has 0 radical (unpaired) electrons. The summed E-state index contributed by atoms with van der Waals surface area (Å²) >= 11 is 0. The van der Waals surface area contributed by atoms with Gasteiger partial charge in [-0.3, -0.25) is 0 Å². The van der Waals surface area contributed by atoms with E-state index in [0.29, 0.717) is 5.82 Å². The fourth-order valence-corrected chi connectivity index (χ4v) is 2.13. The normalized spacial score (nSPS) is 19.1. The number of nitrogens with zero attached hydrogens (tertiary/aromatic N) is 5. The molecule has 0 bridgehead atoms. The van der Waals surface area contributed by atoms with E-state index >= 15 is 0 Å². The molecule has 0 aromatic carbocycles. The van der Waals surface area contributed by atoms with Crippen molar-refractivity contribution in [3.05, 3.63) is 29.7 Å². The molecule has 2 heterocycles. The molecule has 0 saturated carbocycles. The topological polar surface area (TPSA) is 82.5 Å². The Morgan fingerprint density at radius 3 is 3.20 bits per heavy atom. The number of rotatable bonds is 1. The van der Waals surface area contributed by atoms with Crippen molar-refractivity contribution in [1.29, 1.82) is 0 Å². The molecule has 0 spiro atoms. The molecule has 6 heteroatoms. The molecule has 0 amide bonds. The van der Waals surface area contributed by atoms with Gasteiger partial charge in [-0.15, -0.1) is 5.10 Å². The number of nitrogen functional groups attached to an aromatic ring is 1. The first-order valence-electron chi connectivity index (χ1n) is 4.82. The first-order chi connectivity index (χ1) is 7.36. The van der Waals surface area contributed by atoms with E-state index in [1.807, 2.05) is 6.07 Å². The van der Waals surface area contributed by atoms with Gasteiger partial charge in [-0.1, -0.05) is 0 Å². The summed E-state index contributed by atoms with van der Waals surface area (Å²) in [5.41, 5.74) is 8.14. The number of nitrogens with two attached hydrogens (primary N) is 1. The highest BCUT2D eigenvalue weighted by molar-refractivity contribution is 5.48. The molecular weight excluding hydrogens is 192 g/mol. The molecule has 1 unspecified atom stereocenters. The Hall–Kier alpha value is -1.98. The van der Waals surface area contributed by atoms with E-state index in [4.69, 9.17) is 5.73 Å². The summed E-state index contributed by atoms with van der Waals surface area (Å²) in [4.78, 5) is 4.08. The zero-order valence-electron chi connectivity index (χ0n) is 8.04. The third kappa shape index (κ3) is 1.18. The van der Waals surface area contributed by atoms with Crippen LogP contribution in [0.1, 0.15) is 23.6 Å². The predicted molar refractivity (Wildman–Crippen MR) is 52.9 cm³/mol. The minimum absolute atomic E-state index is 0.209. The highest BCUT2D eigenvalue weighted by Gasteiger charge is 2.26. The summed E-state index contributed by atoms with van der Waals surface area (Å²) in [6, 6.07) is 2.20. The lowest BCUT2D eigenvalue weighted by Gasteiger charge is -2.10. The van der Waals surface area contributed by atoms with Crippen LogP contribution in [-0.2, 0) is 6.42 Å². The smallest absolute Gasteiger partial charge is 0.138 e. The number of anilines is 1. The molecule has 1 atom stereocenters. The van der Waals surface area contributed by atoms with E-state index in [2.05, 4.69) is 20.5 Å². The Kier molecular flexibility index (Phi) is 1.67. The number of hydrogen-bond acceptors (Lipinski definition) is 5. The fraction of sp³-hybridized carbons (Fsp3) is 0.333. The molecule has 3 rings (SSSR count). The van der Waals surface area contributed by atoms with Crippen molar-refractivity contribution in [1.82, 2.24) is 25.2 Å². The highest BCUT2D eigenvalue weighted by Crippen LogP contribution is 2.35. The average molecular weight is 202 g/mol. The van der Waals surface area contributed by atoms with Crippen LogP contribution in [0, 0.1) is 0 Å². The van der Waals surface area contributed by atoms with E-state index in [-0.39, 0.29) is 6.04 Å². The third-order valence-electron chi connectivity index (χ3n) is 2.84. The molecular formula is C9H10N6. The van der Waals surface area contributed by atoms with Crippen LogP contribution in [0.2, 0.25) is 0 Å². The van der Waals surface area contributed by atoms with Gasteiger partial charge >= 0.3 is 0 Å². The lowest BCUT2D eigenvalue weighted by molar-refractivity contribution is 0.504. The first kappa shape index (κ1) is 8.34. The number of fused-ring (bicyclic) bond motifs is 1. The first-order valence-corrected chi connectivity index (χ1v) is 4.82. The number of hydrogen-bond donors (Lipinski definition) is 1. The van der Waals surface area contributed by atoms with Gasteiger partial charge in [0.25, 0.3) is 0 Å². The van der Waals surface area contributed by atoms with E-state index in [0.717, 1.165) is 18.4 Å². The standard InChI is InChI=1S/C9H10N6/c10-9-7-1-2-8(6(7)3-4-11-9)15-5-12-13-14-15/h3-5,8H,1-2H2,(H2,10,11). The second kappa shape index (κ2) is 3.01. The molecule has 2 aromatic heterocycles. The number of pyridine rings is 1. The monoisotopic (exact) mass is 202 g/mol. The van der Waals surface area contributed by atoms with Crippen LogP contribution in [0.5, 0.6) is 0 Å². The minimum Gasteiger partial charge on any atom is -0.383 e. The van der Waals surface area contributed by atoms with Gasteiger partial charge in [0.15, 0.2) is 0 Å². The van der Waals surface area contributed by atoms with Crippen LogP contribution in [0.3, 0.4) is 0 Å². The van der Waals surface area contributed by atoms with Crippen LogP contribution in [0.4, 0.5) is 5.82 Å². The molecule has 0 fully saturated rings. The molecule has 1 aliphatic carbocycles. The molecule has 15 heavy (non-hydrogen) atoms. The van der Waals surface area contributed by atoms with Crippen LogP contribution >= 0.6 is 0 Å². The van der Waals surface area contributed by atoms with Gasteiger partial charge < -0.3 is 5.73 Å². The van der Waals surface area contributed by atoms with Crippen molar-refractivity contribution >= 4 is 5.82 Å². The van der Waals surface area contributed by atoms with Gasteiger partial charge in [-0.2, -0.15) is 0 Å². The van der Waals surface area contributed by atoms with E-state index in [1.54, 1.807) is 17.2 Å². The van der Waals surface area contributed by atoms with Crippen molar-refractivity contribution in [3.8, 4) is 0 Å². The molecule has 2 aromatic rings. The fourth-order valence-electron chi connectivity index (χ4n) is 2.13. The quantitative estimate of drug-likeness (QED) is 0.713. The Balaban J connectivity index is 2.09. The Labute approximate surface area is 86.1 Å². The van der Waals surface area contributed by atoms with E-state index in [1.165, 1.54) is 5.56 Å². The second-order valence-electron chi connectivity index (χ2n) is 3.61. The maximum absolute atomic E-state index is 5.82. The van der Waals surface area contributed by atoms with Crippen molar-refractivity contribution in [2.45, 2.75) is 18.9 Å². The SMILES string of the molecule is Nc1nccc2c1CCC2n1cnnn1. The molecule has 2 N–H and O–H groups in total. The summed E-state index contributed by atoms with van der Waals surface area (Å²) in [5.74, 6) is 0.628. The van der Waals surface area contributed by atoms with Gasteiger partial charge in [0, 0.05) is 6.20 Å². The van der Waals surface area contributed by atoms with Gasteiger partial charge in [-0.25, -0.2) is 9.67 Å². The maximum atomic E-state index is 5.82. The summed E-state index contributed by atoms with van der Waals surface area (Å²) in [6.45, 7) is 0. The Morgan fingerprint density at radius 1 is 1.47 bits per heavy atom. The van der Waals surface area contributed by atoms with Gasteiger partial charge in [0.05, 0.1) is 6.04 Å². The summed E-state index contributed by atoms with van der Waals surface area (Å²) in [5, 5.41) is 11.2. The summed E-state index contributed by atoms with van der Waals surface area (Å²) in [6.07, 6.45) is 5.29. The lowest BCUT2D eigenvalue weighted by Crippen LogP contribution is -2.08. The van der Waals surface area contributed by atoms with Crippen LogP contribution in [0.25, 0.3) is 0 Å². The van der Waals surface area contributed by atoms with Crippen LogP contribution < -0.4 is 5.73 Å². The summed E-state index contributed by atoms with van der Waals surface area (Å²) in [7, 11) is 0. The van der Waals surface area contributed by atoms with Crippen molar-refractivity contribution < 1.29 is 0 Å². The van der Waals surface area contributed by atoms with Crippen LogP contribution in [-0.4, -0.2) is 25.2 Å². The molecule has 0 saturated heterocycles. The lowest BCUT2D eigenvalue weighted by atomic mass is 10.1. The van der Waals surface area contributed by atoms with Crippen molar-refractivity contribution in [2.24, 2.45) is 0 Å². The van der Waals surface area contributed by atoms with Crippen molar-refractivity contribution in [2.75, 3.05) is 5.73 Å². The largest absolute Gasteiger partial charge is 0.383 e. The average Bonchev–Trinajstić information content (AvgIpc) is 2.85. The highest BCUT2D eigenvalue weighted by atomic mass is 15.5. The number of aromatic nitrogens is 5. The molecule has 6 nitrogen and oxygen atoms in total. The van der Waals surface area contributed by atoms with Gasteiger partial charge in [0.1, 0.15) is 12.1 Å². The Morgan fingerprint density at radius 2 is 2.40 bits per heavy atom.